The van der Waals surface area contributed by atoms with Gasteiger partial charge in [0.1, 0.15) is 6.07 Å². The molecule has 21 heavy (non-hydrogen) atoms. The van der Waals surface area contributed by atoms with E-state index in [1.165, 1.54) is 6.20 Å². The SMILES string of the molecule is Cc1cc(NN)c(C(=O)Nc2cc(Br)ccc2C#N)cn1. The molecule has 0 bridgehead atoms. The lowest BCUT2D eigenvalue weighted by Crippen LogP contribution is -2.18. The Morgan fingerprint density at radius 2 is 2.14 bits per heavy atom. The molecule has 0 spiro atoms. The fourth-order valence-electron chi connectivity index (χ4n) is 1.77. The number of nitrogens with two attached hydrogens (primary N) is 1. The fourth-order valence-corrected chi connectivity index (χ4v) is 2.13. The van der Waals surface area contributed by atoms with Crippen LogP contribution in [0.1, 0.15) is 21.6 Å². The molecule has 0 aliphatic carbocycles. The number of carbonyl (C=O) groups is 1. The number of hydrogen-bond acceptors (Lipinski definition) is 5. The summed E-state index contributed by atoms with van der Waals surface area (Å²) in [5.74, 6) is 5.02. The van der Waals surface area contributed by atoms with E-state index in [9.17, 15) is 4.79 Å². The molecule has 0 saturated carbocycles. The monoisotopic (exact) mass is 345 g/mol. The zero-order chi connectivity index (χ0) is 15.4. The smallest absolute Gasteiger partial charge is 0.259 e. The van der Waals surface area contributed by atoms with E-state index in [4.69, 9.17) is 11.1 Å². The van der Waals surface area contributed by atoms with E-state index < -0.39 is 5.91 Å². The molecule has 6 nitrogen and oxygen atoms in total. The number of aromatic nitrogens is 1. The van der Waals surface area contributed by atoms with Crippen molar-refractivity contribution in [3.05, 3.63) is 51.8 Å². The van der Waals surface area contributed by atoms with Crippen molar-refractivity contribution in [3.63, 3.8) is 0 Å². The molecule has 4 N–H and O–H groups in total. The van der Waals surface area contributed by atoms with Crippen LogP contribution in [0.5, 0.6) is 0 Å². The third-order valence-corrected chi connectivity index (χ3v) is 3.28. The number of hydrogen-bond donors (Lipinski definition) is 3. The number of amides is 1. The number of hydrazine groups is 1. The van der Waals surface area contributed by atoms with Gasteiger partial charge in [-0.25, -0.2) is 0 Å². The lowest BCUT2D eigenvalue weighted by molar-refractivity contribution is 0.102. The number of rotatable bonds is 3. The molecule has 2 aromatic rings. The van der Waals surface area contributed by atoms with Crippen LogP contribution in [-0.2, 0) is 0 Å². The fraction of sp³-hybridized carbons (Fsp3) is 0.0714. The van der Waals surface area contributed by atoms with Crippen LogP contribution in [0.4, 0.5) is 11.4 Å². The minimum absolute atomic E-state index is 0.298. The van der Waals surface area contributed by atoms with Crippen LogP contribution in [0, 0.1) is 18.3 Å². The van der Waals surface area contributed by atoms with Crippen LogP contribution < -0.4 is 16.6 Å². The van der Waals surface area contributed by atoms with Crippen molar-refractivity contribution in [1.82, 2.24) is 4.98 Å². The maximum atomic E-state index is 12.3. The first-order valence-corrected chi connectivity index (χ1v) is 6.78. The average molecular weight is 346 g/mol. The highest BCUT2D eigenvalue weighted by Gasteiger charge is 2.14. The minimum atomic E-state index is -0.398. The van der Waals surface area contributed by atoms with Gasteiger partial charge in [0.25, 0.3) is 5.91 Å². The number of pyridine rings is 1. The van der Waals surface area contributed by atoms with E-state index in [1.807, 2.05) is 6.07 Å². The zero-order valence-electron chi connectivity index (χ0n) is 11.1. The van der Waals surface area contributed by atoms with Crippen LogP contribution in [0.2, 0.25) is 0 Å². The van der Waals surface area contributed by atoms with Gasteiger partial charge >= 0.3 is 0 Å². The van der Waals surface area contributed by atoms with E-state index >= 15 is 0 Å². The third kappa shape index (κ3) is 3.37. The topological polar surface area (TPSA) is 104 Å². The number of benzene rings is 1. The molecule has 0 fully saturated rings. The average Bonchev–Trinajstić information content (AvgIpc) is 2.47. The summed E-state index contributed by atoms with van der Waals surface area (Å²) in [6.45, 7) is 1.80. The summed E-state index contributed by atoms with van der Waals surface area (Å²) >= 11 is 3.30. The number of anilines is 2. The number of carbonyl (C=O) groups excluding carboxylic acids is 1. The number of nitrogen functional groups attached to an aromatic ring is 1. The normalized spacial score (nSPS) is 9.81. The summed E-state index contributed by atoms with van der Waals surface area (Å²) in [6, 6.07) is 8.70. The molecule has 0 aliphatic rings. The van der Waals surface area contributed by atoms with Crippen LogP contribution in [0.3, 0.4) is 0 Å². The second-order valence-electron chi connectivity index (χ2n) is 4.27. The van der Waals surface area contributed by atoms with E-state index in [1.54, 1.807) is 31.2 Å². The molecule has 7 heteroatoms. The summed E-state index contributed by atoms with van der Waals surface area (Å²) in [6.07, 6.45) is 1.43. The first kappa shape index (κ1) is 15.0. The predicted octanol–water partition coefficient (Wildman–Crippen LogP) is 2.56. The molecule has 1 amide bonds. The summed E-state index contributed by atoms with van der Waals surface area (Å²) < 4.78 is 0.760. The van der Waals surface area contributed by atoms with Gasteiger partial charge in [0, 0.05) is 16.4 Å². The lowest BCUT2D eigenvalue weighted by Gasteiger charge is -2.11. The Morgan fingerprint density at radius 3 is 2.81 bits per heavy atom. The molecular formula is C14H12BrN5O. The molecule has 0 saturated heterocycles. The van der Waals surface area contributed by atoms with Crippen molar-refractivity contribution in [2.75, 3.05) is 10.7 Å². The van der Waals surface area contributed by atoms with E-state index in [0.29, 0.717) is 22.5 Å². The van der Waals surface area contributed by atoms with Crippen LogP contribution in [0.25, 0.3) is 0 Å². The third-order valence-electron chi connectivity index (χ3n) is 2.79. The number of halogens is 1. The Hall–Kier alpha value is -2.43. The Balaban J connectivity index is 2.35. The van der Waals surface area contributed by atoms with Gasteiger partial charge in [-0.2, -0.15) is 5.26 Å². The first-order chi connectivity index (χ1) is 10.0. The van der Waals surface area contributed by atoms with Gasteiger partial charge in [-0.3, -0.25) is 15.6 Å². The second-order valence-corrected chi connectivity index (χ2v) is 5.19. The molecule has 0 aliphatic heterocycles. The molecule has 1 aromatic carbocycles. The first-order valence-electron chi connectivity index (χ1n) is 5.99. The van der Waals surface area contributed by atoms with Crippen LogP contribution >= 0.6 is 15.9 Å². The Labute approximate surface area is 130 Å². The largest absolute Gasteiger partial charge is 0.323 e. The van der Waals surface area contributed by atoms with Gasteiger partial charge in [-0.05, 0) is 31.2 Å². The highest BCUT2D eigenvalue weighted by atomic mass is 79.9. The molecule has 2 rings (SSSR count). The summed E-state index contributed by atoms with van der Waals surface area (Å²) in [7, 11) is 0. The minimum Gasteiger partial charge on any atom is -0.323 e. The molecule has 0 unspecified atom stereocenters. The standard InChI is InChI=1S/C14H12BrN5O/c1-8-4-13(20-17)11(7-18-8)14(21)19-12-5-10(15)3-2-9(12)6-16/h2-5,7H,17H2,1H3,(H,18,20)(H,19,21). The maximum Gasteiger partial charge on any atom is 0.259 e. The van der Waals surface area contributed by atoms with Crippen molar-refractivity contribution in [3.8, 4) is 6.07 Å². The zero-order valence-corrected chi connectivity index (χ0v) is 12.7. The lowest BCUT2D eigenvalue weighted by atomic mass is 10.1. The highest BCUT2D eigenvalue weighted by Crippen LogP contribution is 2.23. The number of aryl methyl sites for hydroxylation is 1. The summed E-state index contributed by atoms with van der Waals surface area (Å²) in [5.41, 5.74) is 4.75. The molecular weight excluding hydrogens is 334 g/mol. The van der Waals surface area contributed by atoms with Crippen molar-refractivity contribution in [2.45, 2.75) is 6.92 Å². The van der Waals surface area contributed by atoms with E-state index in [2.05, 4.69) is 31.7 Å². The van der Waals surface area contributed by atoms with E-state index in [0.717, 1.165) is 10.2 Å². The van der Waals surface area contributed by atoms with Gasteiger partial charge in [0.05, 0.1) is 22.5 Å². The van der Waals surface area contributed by atoms with E-state index in [-0.39, 0.29) is 0 Å². The molecule has 0 atom stereocenters. The molecule has 106 valence electrons. The van der Waals surface area contributed by atoms with Crippen LogP contribution in [-0.4, -0.2) is 10.9 Å². The number of nitrogens with one attached hydrogen (secondary N) is 2. The Bertz CT molecular complexity index is 739. The van der Waals surface area contributed by atoms with Crippen molar-refractivity contribution < 1.29 is 4.79 Å². The summed E-state index contributed by atoms with van der Waals surface area (Å²) in [5, 5.41) is 11.8. The maximum absolute atomic E-state index is 12.3. The van der Waals surface area contributed by atoms with Gasteiger partial charge in [-0.15, -0.1) is 0 Å². The molecule has 1 aromatic heterocycles. The van der Waals surface area contributed by atoms with Crippen LogP contribution in [0.15, 0.2) is 34.9 Å². The van der Waals surface area contributed by atoms with Gasteiger partial charge < -0.3 is 10.7 Å². The second kappa shape index (κ2) is 6.35. The van der Waals surface area contributed by atoms with Gasteiger partial charge in [0.15, 0.2) is 0 Å². The van der Waals surface area contributed by atoms with Crippen molar-refractivity contribution in [2.24, 2.45) is 5.84 Å². The number of nitriles is 1. The van der Waals surface area contributed by atoms with Gasteiger partial charge in [0.2, 0.25) is 0 Å². The summed E-state index contributed by atoms with van der Waals surface area (Å²) in [4.78, 5) is 16.4. The Morgan fingerprint density at radius 1 is 1.38 bits per heavy atom. The highest BCUT2D eigenvalue weighted by molar-refractivity contribution is 9.10. The van der Waals surface area contributed by atoms with Gasteiger partial charge in [-0.1, -0.05) is 15.9 Å². The van der Waals surface area contributed by atoms with Crippen molar-refractivity contribution >= 4 is 33.2 Å². The predicted molar refractivity (Wildman–Crippen MR) is 83.6 cm³/mol. The molecule has 0 radical (unpaired) electrons. The molecule has 1 heterocycles. The Kier molecular flexibility index (Phi) is 4.52. The van der Waals surface area contributed by atoms with Crippen molar-refractivity contribution in [1.29, 1.82) is 5.26 Å². The quantitative estimate of drug-likeness (QED) is 0.585. The number of nitrogens with zero attached hydrogens (tertiary/aromatic N) is 2.